The third-order valence-electron chi connectivity index (χ3n) is 12.7. The summed E-state index contributed by atoms with van der Waals surface area (Å²) < 4.78 is 6.40. The normalized spacial score (nSPS) is 13.0. The number of furan rings is 1. The lowest BCUT2D eigenvalue weighted by Crippen LogP contribution is -2.14. The van der Waals surface area contributed by atoms with Gasteiger partial charge in [0.05, 0.1) is 11.4 Å². The minimum absolute atomic E-state index is 0.120. The van der Waals surface area contributed by atoms with Gasteiger partial charge >= 0.3 is 0 Å². The molecule has 0 bridgehead atoms. The molecule has 0 atom stereocenters. The van der Waals surface area contributed by atoms with Crippen molar-refractivity contribution in [1.82, 2.24) is 9.97 Å². The molecule has 0 saturated heterocycles. The van der Waals surface area contributed by atoms with Crippen LogP contribution in [0.4, 0.5) is 0 Å². The van der Waals surface area contributed by atoms with Gasteiger partial charge in [-0.05, 0) is 84.8 Å². The van der Waals surface area contributed by atoms with E-state index in [1.54, 1.807) is 0 Å². The zero-order valence-corrected chi connectivity index (χ0v) is 33.3. The number of nitrogens with zero attached hydrogens (tertiary/aromatic N) is 2. The molecule has 11 aromatic rings. The molecule has 0 amide bonds. The van der Waals surface area contributed by atoms with Crippen LogP contribution in [0.5, 0.6) is 0 Å². The maximum absolute atomic E-state index is 6.40. The fourth-order valence-electron chi connectivity index (χ4n) is 9.70. The van der Waals surface area contributed by atoms with E-state index in [0.29, 0.717) is 5.82 Å². The quantitative estimate of drug-likeness (QED) is 0.175. The second-order valence-corrected chi connectivity index (χ2v) is 16.5. The zero-order chi connectivity index (χ0) is 40.0. The van der Waals surface area contributed by atoms with Gasteiger partial charge in [0.2, 0.25) is 0 Å². The van der Waals surface area contributed by atoms with E-state index in [1.807, 2.05) is 30.3 Å². The molecular formula is C57H38N2O. The molecular weight excluding hydrogens is 729 g/mol. The molecule has 1 aliphatic carbocycles. The van der Waals surface area contributed by atoms with E-state index in [0.717, 1.165) is 66.5 Å². The van der Waals surface area contributed by atoms with Crippen molar-refractivity contribution in [2.24, 2.45) is 0 Å². The summed E-state index contributed by atoms with van der Waals surface area (Å²) in [4.78, 5) is 10.5. The monoisotopic (exact) mass is 766 g/mol. The van der Waals surface area contributed by atoms with Crippen molar-refractivity contribution < 1.29 is 4.42 Å². The Labute approximate surface area is 348 Å². The predicted molar refractivity (Wildman–Crippen MR) is 249 cm³/mol. The molecule has 1 aliphatic rings. The Morgan fingerprint density at radius 2 is 1.00 bits per heavy atom. The molecule has 3 heteroatoms. The van der Waals surface area contributed by atoms with Crippen LogP contribution in [-0.2, 0) is 5.41 Å². The van der Waals surface area contributed by atoms with E-state index in [2.05, 4.69) is 178 Å². The van der Waals surface area contributed by atoms with Crippen LogP contribution in [0.25, 0.3) is 111 Å². The van der Waals surface area contributed by atoms with Gasteiger partial charge in [-0.2, -0.15) is 0 Å². The fourth-order valence-corrected chi connectivity index (χ4v) is 9.70. The van der Waals surface area contributed by atoms with E-state index >= 15 is 0 Å². The molecule has 60 heavy (non-hydrogen) atoms. The lowest BCUT2D eigenvalue weighted by atomic mass is 9.81. The van der Waals surface area contributed by atoms with E-state index in [1.165, 1.54) is 49.5 Å². The average molecular weight is 767 g/mol. The Balaban J connectivity index is 1.00. The summed E-state index contributed by atoms with van der Waals surface area (Å²) in [7, 11) is 0. The second kappa shape index (κ2) is 13.2. The fraction of sp³-hybridized carbons (Fsp3) is 0.0526. The van der Waals surface area contributed by atoms with Crippen molar-refractivity contribution in [2.75, 3.05) is 0 Å². The predicted octanol–water partition coefficient (Wildman–Crippen LogP) is 15.3. The molecule has 12 rings (SSSR count). The summed E-state index contributed by atoms with van der Waals surface area (Å²) >= 11 is 0. The number of fused-ring (bicyclic) bond motifs is 8. The molecule has 2 aromatic heterocycles. The maximum Gasteiger partial charge on any atom is 0.160 e. The highest BCUT2D eigenvalue weighted by Gasteiger charge is 2.37. The minimum atomic E-state index is -0.120. The van der Waals surface area contributed by atoms with Crippen molar-refractivity contribution in [3.05, 3.63) is 205 Å². The van der Waals surface area contributed by atoms with E-state index in [-0.39, 0.29) is 5.41 Å². The Kier molecular flexibility index (Phi) is 7.58. The highest BCUT2D eigenvalue weighted by molar-refractivity contribution is 6.10. The van der Waals surface area contributed by atoms with Crippen LogP contribution in [0, 0.1) is 0 Å². The summed E-state index contributed by atoms with van der Waals surface area (Å²) in [6, 6.07) is 69.4. The molecule has 0 aliphatic heterocycles. The second-order valence-electron chi connectivity index (χ2n) is 16.5. The molecule has 0 saturated carbocycles. The molecule has 2 heterocycles. The van der Waals surface area contributed by atoms with Crippen LogP contribution in [0.15, 0.2) is 199 Å². The summed E-state index contributed by atoms with van der Waals surface area (Å²) in [5.74, 6) is 0.694. The van der Waals surface area contributed by atoms with E-state index in [9.17, 15) is 0 Å². The highest BCUT2D eigenvalue weighted by atomic mass is 16.3. The van der Waals surface area contributed by atoms with Crippen LogP contribution in [0.3, 0.4) is 0 Å². The first-order chi connectivity index (χ1) is 29.5. The molecule has 3 nitrogen and oxygen atoms in total. The van der Waals surface area contributed by atoms with Crippen molar-refractivity contribution in [1.29, 1.82) is 0 Å². The first-order valence-corrected chi connectivity index (χ1v) is 20.6. The largest absolute Gasteiger partial charge is 0.455 e. The lowest BCUT2D eigenvalue weighted by molar-refractivity contribution is 0.661. The first-order valence-electron chi connectivity index (χ1n) is 20.6. The number of aromatic nitrogens is 2. The Bertz CT molecular complexity index is 3500. The van der Waals surface area contributed by atoms with Crippen molar-refractivity contribution in [3.63, 3.8) is 0 Å². The summed E-state index contributed by atoms with van der Waals surface area (Å²) in [6.07, 6.45) is 0. The molecule has 0 spiro atoms. The van der Waals surface area contributed by atoms with Gasteiger partial charge in [0, 0.05) is 38.4 Å². The number of hydrogen-bond acceptors (Lipinski definition) is 3. The Morgan fingerprint density at radius 1 is 0.383 bits per heavy atom. The van der Waals surface area contributed by atoms with Gasteiger partial charge in [-0.15, -0.1) is 0 Å². The molecule has 9 aromatic carbocycles. The molecule has 0 fully saturated rings. The number of rotatable bonds is 5. The van der Waals surface area contributed by atoms with Gasteiger partial charge < -0.3 is 4.42 Å². The number of benzene rings is 9. The lowest BCUT2D eigenvalue weighted by Gasteiger charge is -2.22. The molecule has 0 N–H and O–H groups in total. The third-order valence-corrected chi connectivity index (χ3v) is 12.7. The topological polar surface area (TPSA) is 38.9 Å². The summed E-state index contributed by atoms with van der Waals surface area (Å²) in [5.41, 5.74) is 16.5. The van der Waals surface area contributed by atoms with Crippen molar-refractivity contribution in [3.8, 4) is 67.3 Å². The van der Waals surface area contributed by atoms with Crippen LogP contribution >= 0.6 is 0 Å². The third kappa shape index (κ3) is 5.29. The first kappa shape index (κ1) is 34.4. The van der Waals surface area contributed by atoms with E-state index in [4.69, 9.17) is 14.4 Å². The van der Waals surface area contributed by atoms with Crippen LogP contribution in [0.2, 0.25) is 0 Å². The SMILES string of the molecule is CC1(C)c2cc3ccccc3cc2-c2c(-c3ccc(-c4cc(-c5ccc(-c6cccc7c6oc6ccccc67)cc5)nc(-c5ccccc5)n4)c4ccccc34)cccc21. The van der Waals surface area contributed by atoms with Gasteiger partial charge in [-0.3, -0.25) is 0 Å². The van der Waals surface area contributed by atoms with Crippen LogP contribution in [-0.4, -0.2) is 9.97 Å². The average Bonchev–Trinajstić information content (AvgIpc) is 3.80. The molecule has 0 unspecified atom stereocenters. The molecule has 282 valence electrons. The Hall–Kier alpha value is -7.62. The van der Waals surface area contributed by atoms with Crippen LogP contribution < -0.4 is 0 Å². The smallest absolute Gasteiger partial charge is 0.160 e. The van der Waals surface area contributed by atoms with Gasteiger partial charge in [0.15, 0.2) is 5.82 Å². The van der Waals surface area contributed by atoms with Gasteiger partial charge in [0.25, 0.3) is 0 Å². The zero-order valence-electron chi connectivity index (χ0n) is 33.3. The minimum Gasteiger partial charge on any atom is -0.455 e. The summed E-state index contributed by atoms with van der Waals surface area (Å²) in [5, 5.41) is 7.15. The Morgan fingerprint density at radius 3 is 1.82 bits per heavy atom. The van der Waals surface area contributed by atoms with Crippen LogP contribution in [0.1, 0.15) is 25.0 Å². The van der Waals surface area contributed by atoms with Gasteiger partial charge in [-0.25, -0.2) is 9.97 Å². The van der Waals surface area contributed by atoms with E-state index < -0.39 is 0 Å². The maximum atomic E-state index is 6.40. The molecule has 0 radical (unpaired) electrons. The van der Waals surface area contributed by atoms with Gasteiger partial charge in [-0.1, -0.05) is 184 Å². The van der Waals surface area contributed by atoms with Gasteiger partial charge in [0.1, 0.15) is 11.2 Å². The standard InChI is InChI=1S/C57H38N2O/c1-57(2)49-24-13-22-46(54(49)48-32-38-16-6-7-17-39(38)33-50(48)57)43-30-31-44(42-19-9-8-18-41(42)43)52-34-51(58-56(59-52)37-14-4-3-5-15-37)36-28-26-35(27-29-36)40-21-12-23-47-45-20-10-11-25-53(45)60-55(40)47/h3-34H,1-2H3. The van der Waals surface area contributed by atoms with Crippen molar-refractivity contribution >= 4 is 43.5 Å². The highest BCUT2D eigenvalue weighted by Crippen LogP contribution is 2.54. The number of hydrogen-bond donors (Lipinski definition) is 0. The summed E-state index contributed by atoms with van der Waals surface area (Å²) in [6.45, 7) is 4.73. The number of para-hydroxylation sites is 2. The van der Waals surface area contributed by atoms with Crippen molar-refractivity contribution in [2.45, 2.75) is 19.3 Å².